The number of nitrogens with zero attached hydrogens (tertiary/aromatic N) is 3. The van der Waals surface area contributed by atoms with Crippen molar-refractivity contribution in [2.45, 2.75) is 31.0 Å². The molecule has 6 rings (SSSR count). The summed E-state index contributed by atoms with van der Waals surface area (Å²) >= 11 is 0. The van der Waals surface area contributed by atoms with Crippen molar-refractivity contribution in [2.75, 3.05) is 4.90 Å². The first-order chi connectivity index (χ1) is 15.9. The Labute approximate surface area is 188 Å². The van der Waals surface area contributed by atoms with Crippen LogP contribution in [0.4, 0.5) is 11.4 Å². The molecule has 2 aromatic carbocycles. The van der Waals surface area contributed by atoms with E-state index in [9.17, 15) is 29.6 Å². The van der Waals surface area contributed by atoms with Crippen molar-refractivity contribution >= 4 is 29.2 Å². The molecule has 7 unspecified atom stereocenters. The predicted octanol–water partition coefficient (Wildman–Crippen LogP) is 2.62. The molecule has 33 heavy (non-hydrogen) atoms. The first-order valence-electron chi connectivity index (χ1n) is 11.1. The van der Waals surface area contributed by atoms with Gasteiger partial charge in [-0.25, -0.2) is 0 Å². The maximum Gasteiger partial charge on any atom is 0.305 e. The number of para-hydroxylation sites is 2. The zero-order valence-electron chi connectivity index (χ0n) is 17.5. The zero-order valence-corrected chi connectivity index (χ0v) is 17.5. The molecule has 0 spiro atoms. The minimum absolute atomic E-state index is 0.00343. The number of nitro benzene ring substituents is 1. The Kier molecular flexibility index (Phi) is 4.14. The van der Waals surface area contributed by atoms with Crippen LogP contribution < -0.4 is 4.90 Å². The molecule has 2 saturated carbocycles. The number of nitro groups is 1. The van der Waals surface area contributed by atoms with Crippen LogP contribution in [-0.4, -0.2) is 44.8 Å². The fraction of sp³-hybridized carbons (Fsp3) is 0.375. The van der Waals surface area contributed by atoms with Gasteiger partial charge in [-0.1, -0.05) is 42.5 Å². The standard InChI is InChI=1S/C24H21N3O6/c28-18(29)11-17(12-6-2-1-3-7-12)26-23(30)19-13-10-14(20(19)24(26)31)22-21(13)25(22)15-8-4-5-9-16(15)27(32)33/h1-9,13-14,17,19-22H,10-11H2,(H,28,29). The van der Waals surface area contributed by atoms with E-state index in [-0.39, 0.29) is 47.8 Å². The second kappa shape index (κ2) is 6.87. The van der Waals surface area contributed by atoms with Crippen molar-refractivity contribution < 1.29 is 24.4 Å². The minimum atomic E-state index is -1.07. The van der Waals surface area contributed by atoms with Crippen LogP contribution in [0.3, 0.4) is 0 Å². The molecule has 0 radical (unpaired) electrons. The molecule has 2 bridgehead atoms. The number of carboxylic acid groups (broad SMARTS) is 1. The van der Waals surface area contributed by atoms with Crippen LogP contribution in [0, 0.1) is 33.8 Å². The van der Waals surface area contributed by atoms with E-state index in [0.29, 0.717) is 11.3 Å². The quantitative estimate of drug-likeness (QED) is 0.313. The summed E-state index contributed by atoms with van der Waals surface area (Å²) < 4.78 is 0. The van der Waals surface area contributed by atoms with Gasteiger partial charge in [0.15, 0.2) is 0 Å². The van der Waals surface area contributed by atoms with E-state index < -0.39 is 28.8 Å². The largest absolute Gasteiger partial charge is 0.481 e. The number of rotatable bonds is 6. The molecule has 2 amide bonds. The number of imide groups is 1. The monoisotopic (exact) mass is 447 g/mol. The maximum absolute atomic E-state index is 13.6. The lowest BCUT2D eigenvalue weighted by atomic mass is 9.81. The van der Waals surface area contributed by atoms with Crippen LogP contribution in [-0.2, 0) is 14.4 Å². The number of hydrogen-bond donors (Lipinski definition) is 1. The van der Waals surface area contributed by atoms with Crippen molar-refractivity contribution in [2.24, 2.45) is 23.7 Å². The lowest BCUT2D eigenvalue weighted by Crippen LogP contribution is -2.38. The van der Waals surface area contributed by atoms with Gasteiger partial charge in [-0.15, -0.1) is 0 Å². The second-order valence-corrected chi connectivity index (χ2v) is 9.32. The van der Waals surface area contributed by atoms with E-state index in [2.05, 4.69) is 0 Å². The van der Waals surface area contributed by atoms with Gasteiger partial charge in [-0.2, -0.15) is 0 Å². The molecule has 168 valence electrons. The van der Waals surface area contributed by atoms with Crippen LogP contribution in [0.25, 0.3) is 0 Å². The van der Waals surface area contributed by atoms with E-state index >= 15 is 0 Å². The van der Waals surface area contributed by atoms with Crippen molar-refractivity contribution in [3.63, 3.8) is 0 Å². The van der Waals surface area contributed by atoms with Crippen LogP contribution >= 0.6 is 0 Å². The number of likely N-dealkylation sites (tertiary alicyclic amines) is 1. The number of carbonyl (C=O) groups excluding carboxylic acids is 2. The summed E-state index contributed by atoms with van der Waals surface area (Å²) in [6, 6.07) is 14.6. The third-order valence-corrected chi connectivity index (χ3v) is 7.90. The normalized spacial score (nSPS) is 32.0. The van der Waals surface area contributed by atoms with Crippen molar-refractivity contribution in [3.05, 3.63) is 70.3 Å². The molecule has 2 heterocycles. The van der Waals surface area contributed by atoms with E-state index in [1.807, 2.05) is 4.90 Å². The summed E-state index contributed by atoms with van der Waals surface area (Å²) in [6.07, 6.45) is 0.410. The molecule has 2 saturated heterocycles. The van der Waals surface area contributed by atoms with Gasteiger partial charge in [0, 0.05) is 6.07 Å². The number of carbonyl (C=O) groups is 3. The number of amides is 2. The Morgan fingerprint density at radius 2 is 1.58 bits per heavy atom. The zero-order chi connectivity index (χ0) is 23.0. The highest BCUT2D eigenvalue weighted by atomic mass is 16.6. The molecule has 7 atom stereocenters. The minimum Gasteiger partial charge on any atom is -0.481 e. The summed E-state index contributed by atoms with van der Waals surface area (Å²) in [5.74, 6) is -2.79. The topological polar surface area (TPSA) is 121 Å². The molecule has 9 heteroatoms. The van der Waals surface area contributed by atoms with E-state index in [4.69, 9.17) is 0 Å². The lowest BCUT2D eigenvalue weighted by molar-refractivity contribution is -0.384. The molecule has 2 aliphatic carbocycles. The van der Waals surface area contributed by atoms with Gasteiger partial charge >= 0.3 is 5.97 Å². The number of carboxylic acids is 1. The Morgan fingerprint density at radius 3 is 2.15 bits per heavy atom. The molecule has 2 aromatic rings. The fourth-order valence-corrected chi connectivity index (χ4v) is 6.80. The van der Waals surface area contributed by atoms with Gasteiger partial charge in [-0.05, 0) is 29.9 Å². The van der Waals surface area contributed by atoms with Crippen LogP contribution in [0.15, 0.2) is 54.6 Å². The average Bonchev–Trinajstić information content (AvgIpc) is 3.14. The summed E-state index contributed by atoms with van der Waals surface area (Å²) in [5.41, 5.74) is 1.19. The fourth-order valence-electron chi connectivity index (χ4n) is 6.80. The smallest absolute Gasteiger partial charge is 0.305 e. The third-order valence-electron chi connectivity index (χ3n) is 7.90. The highest BCUT2D eigenvalue weighted by Gasteiger charge is 2.76. The molecular formula is C24H21N3O6. The molecule has 2 aliphatic heterocycles. The van der Waals surface area contributed by atoms with Crippen molar-refractivity contribution in [1.82, 2.24) is 4.90 Å². The van der Waals surface area contributed by atoms with Crippen LogP contribution in [0.1, 0.15) is 24.4 Å². The number of fused-ring (bicyclic) bond motifs is 8. The van der Waals surface area contributed by atoms with Gasteiger partial charge in [-0.3, -0.25) is 29.4 Å². The highest BCUT2D eigenvalue weighted by Crippen LogP contribution is 2.67. The second-order valence-electron chi connectivity index (χ2n) is 9.32. The Hall–Kier alpha value is -3.75. The number of anilines is 1. The van der Waals surface area contributed by atoms with E-state index in [1.165, 1.54) is 11.0 Å². The van der Waals surface area contributed by atoms with Gasteiger partial charge in [0.25, 0.3) is 5.69 Å². The first kappa shape index (κ1) is 19.9. The molecular weight excluding hydrogens is 426 g/mol. The molecule has 4 aliphatic rings. The van der Waals surface area contributed by atoms with Crippen molar-refractivity contribution in [1.29, 1.82) is 0 Å². The van der Waals surface area contributed by atoms with Gasteiger partial charge in [0.2, 0.25) is 11.8 Å². The van der Waals surface area contributed by atoms with Crippen LogP contribution in [0.5, 0.6) is 0 Å². The summed E-state index contributed by atoms with van der Waals surface area (Å²) in [7, 11) is 0. The molecule has 9 nitrogen and oxygen atoms in total. The lowest BCUT2D eigenvalue weighted by Gasteiger charge is -2.28. The van der Waals surface area contributed by atoms with Crippen molar-refractivity contribution in [3.8, 4) is 0 Å². The summed E-state index contributed by atoms with van der Waals surface area (Å²) in [6.45, 7) is 0. The van der Waals surface area contributed by atoms with Gasteiger partial charge < -0.3 is 10.0 Å². The Bertz CT molecular complexity index is 1170. The summed E-state index contributed by atoms with van der Waals surface area (Å²) in [4.78, 5) is 53.0. The van der Waals surface area contributed by atoms with Gasteiger partial charge in [0.05, 0.1) is 41.3 Å². The van der Waals surface area contributed by atoms with Crippen LogP contribution in [0.2, 0.25) is 0 Å². The molecule has 1 N–H and O–H groups in total. The predicted molar refractivity (Wildman–Crippen MR) is 115 cm³/mol. The SMILES string of the molecule is O=C(O)CC(c1ccccc1)N1C(=O)C2C3CC(C2C1=O)C1C3N1c1ccccc1[N+](=O)[O-]. The average molecular weight is 447 g/mol. The highest BCUT2D eigenvalue weighted by molar-refractivity contribution is 6.07. The Balaban J connectivity index is 1.32. The number of benzene rings is 2. The first-order valence-corrected chi connectivity index (χ1v) is 11.1. The maximum atomic E-state index is 13.6. The number of aliphatic carboxylic acids is 1. The molecule has 0 aromatic heterocycles. The molecule has 4 fully saturated rings. The van der Waals surface area contributed by atoms with Gasteiger partial charge in [0.1, 0.15) is 5.69 Å². The van der Waals surface area contributed by atoms with E-state index in [1.54, 1.807) is 48.5 Å². The van der Waals surface area contributed by atoms with E-state index in [0.717, 1.165) is 6.42 Å². The number of piperidine rings is 1. The third kappa shape index (κ3) is 2.68. The Morgan fingerprint density at radius 1 is 1.00 bits per heavy atom. The number of hydrogen-bond acceptors (Lipinski definition) is 6. The summed E-state index contributed by atoms with van der Waals surface area (Å²) in [5, 5.41) is 21.0.